The molecule has 1 aromatic carbocycles. The molecular weight excluding hydrogens is 378 g/mol. The number of aromatic nitrogens is 2. The fraction of sp³-hybridized carbons (Fsp3) is 0.350. The van der Waals surface area contributed by atoms with Gasteiger partial charge in [-0.3, -0.25) is 9.59 Å². The van der Waals surface area contributed by atoms with Crippen LogP contribution < -0.4 is 5.56 Å². The number of rotatable bonds is 5. The third-order valence-electron chi connectivity index (χ3n) is 4.68. The SMILES string of the molecule is O=C(CSCc1nc2sc(-c3ccccc3)cc2c(=O)[nH]1)N1CCCCC1. The van der Waals surface area contributed by atoms with E-state index in [0.29, 0.717) is 22.7 Å². The molecule has 3 heterocycles. The number of piperidine rings is 1. The summed E-state index contributed by atoms with van der Waals surface area (Å²) in [6, 6.07) is 11.9. The molecule has 1 aliphatic heterocycles. The van der Waals surface area contributed by atoms with Gasteiger partial charge in [0.25, 0.3) is 5.56 Å². The Morgan fingerprint density at radius 1 is 1.19 bits per heavy atom. The molecule has 1 fully saturated rings. The van der Waals surface area contributed by atoms with Crippen LogP contribution in [-0.2, 0) is 10.5 Å². The lowest BCUT2D eigenvalue weighted by Gasteiger charge is -2.26. The molecule has 5 nitrogen and oxygen atoms in total. The van der Waals surface area contributed by atoms with Gasteiger partial charge < -0.3 is 9.88 Å². The van der Waals surface area contributed by atoms with Gasteiger partial charge in [-0.2, -0.15) is 0 Å². The van der Waals surface area contributed by atoms with Crippen molar-refractivity contribution < 1.29 is 4.79 Å². The summed E-state index contributed by atoms with van der Waals surface area (Å²) in [6.45, 7) is 1.75. The van der Waals surface area contributed by atoms with Crippen LogP contribution in [0.25, 0.3) is 20.7 Å². The Balaban J connectivity index is 1.45. The van der Waals surface area contributed by atoms with E-state index in [1.807, 2.05) is 41.3 Å². The van der Waals surface area contributed by atoms with Gasteiger partial charge in [0.2, 0.25) is 5.91 Å². The number of aromatic amines is 1. The molecule has 1 saturated heterocycles. The number of carbonyl (C=O) groups is 1. The number of likely N-dealkylation sites (tertiary alicyclic amines) is 1. The molecule has 0 unspecified atom stereocenters. The zero-order valence-corrected chi connectivity index (χ0v) is 16.6. The first kappa shape index (κ1) is 18.3. The highest BCUT2D eigenvalue weighted by Gasteiger charge is 2.16. The van der Waals surface area contributed by atoms with E-state index < -0.39 is 0 Å². The molecule has 1 N–H and O–H groups in total. The summed E-state index contributed by atoms with van der Waals surface area (Å²) < 4.78 is 0. The van der Waals surface area contributed by atoms with Gasteiger partial charge in [-0.15, -0.1) is 23.1 Å². The zero-order valence-electron chi connectivity index (χ0n) is 14.9. The summed E-state index contributed by atoms with van der Waals surface area (Å²) in [4.78, 5) is 35.9. The molecule has 0 aliphatic carbocycles. The summed E-state index contributed by atoms with van der Waals surface area (Å²) in [5.41, 5.74) is 0.972. The molecule has 0 atom stereocenters. The average molecular weight is 400 g/mol. The summed E-state index contributed by atoms with van der Waals surface area (Å²) >= 11 is 3.03. The Hall–Kier alpha value is -2.12. The van der Waals surface area contributed by atoms with E-state index in [1.54, 1.807) is 0 Å². The first-order valence-corrected chi connectivity index (χ1v) is 11.1. The highest BCUT2D eigenvalue weighted by Crippen LogP contribution is 2.30. The van der Waals surface area contributed by atoms with Crippen LogP contribution in [0.1, 0.15) is 25.1 Å². The molecule has 1 amide bonds. The van der Waals surface area contributed by atoms with E-state index in [4.69, 9.17) is 0 Å². The minimum Gasteiger partial charge on any atom is -0.342 e. The molecule has 0 saturated carbocycles. The van der Waals surface area contributed by atoms with Crippen LogP contribution in [0.4, 0.5) is 0 Å². The van der Waals surface area contributed by atoms with E-state index in [9.17, 15) is 9.59 Å². The molecule has 1 aliphatic rings. The standard InChI is InChI=1S/C20H21N3O2S2/c24-18(23-9-5-2-6-10-23)13-26-12-17-21-19(25)15-11-16(27-20(15)22-17)14-7-3-1-4-8-14/h1,3-4,7-8,11H,2,5-6,9-10,12-13H2,(H,21,22,25). The number of thiophene rings is 1. The first-order chi connectivity index (χ1) is 13.2. The fourth-order valence-corrected chi connectivity index (χ4v) is 5.10. The van der Waals surface area contributed by atoms with E-state index >= 15 is 0 Å². The van der Waals surface area contributed by atoms with Gasteiger partial charge in [0.15, 0.2) is 0 Å². The van der Waals surface area contributed by atoms with Crippen molar-refractivity contribution in [2.45, 2.75) is 25.0 Å². The number of hydrogen-bond acceptors (Lipinski definition) is 5. The van der Waals surface area contributed by atoms with Crippen molar-refractivity contribution in [1.29, 1.82) is 0 Å². The number of fused-ring (bicyclic) bond motifs is 1. The molecule has 2 aromatic heterocycles. The minimum atomic E-state index is -0.114. The van der Waals surface area contributed by atoms with Crippen molar-refractivity contribution in [2.75, 3.05) is 18.8 Å². The minimum absolute atomic E-state index is 0.114. The largest absolute Gasteiger partial charge is 0.342 e. The van der Waals surface area contributed by atoms with Crippen molar-refractivity contribution in [3.63, 3.8) is 0 Å². The van der Waals surface area contributed by atoms with Gasteiger partial charge >= 0.3 is 0 Å². The third-order valence-corrected chi connectivity index (χ3v) is 6.69. The van der Waals surface area contributed by atoms with E-state index in [0.717, 1.165) is 41.2 Å². The molecule has 0 bridgehead atoms. The quantitative estimate of drug-likeness (QED) is 0.707. The van der Waals surface area contributed by atoms with Crippen molar-refractivity contribution in [3.05, 3.63) is 52.6 Å². The maximum Gasteiger partial charge on any atom is 0.259 e. The predicted octanol–water partition coefficient (Wildman–Crippen LogP) is 3.90. The van der Waals surface area contributed by atoms with Crippen LogP contribution in [0.3, 0.4) is 0 Å². The van der Waals surface area contributed by atoms with Gasteiger partial charge in [0.05, 0.1) is 16.9 Å². The Morgan fingerprint density at radius 2 is 1.96 bits per heavy atom. The van der Waals surface area contributed by atoms with E-state index in [-0.39, 0.29) is 11.5 Å². The Labute approximate surface area is 165 Å². The van der Waals surface area contributed by atoms with Crippen molar-refractivity contribution >= 4 is 39.2 Å². The van der Waals surface area contributed by atoms with Gasteiger partial charge in [0.1, 0.15) is 10.7 Å². The Bertz CT molecular complexity index is 991. The number of nitrogens with one attached hydrogen (secondary N) is 1. The summed E-state index contributed by atoms with van der Waals surface area (Å²) in [6.07, 6.45) is 3.42. The number of hydrogen-bond donors (Lipinski definition) is 1. The first-order valence-electron chi connectivity index (χ1n) is 9.14. The molecule has 0 spiro atoms. The summed E-state index contributed by atoms with van der Waals surface area (Å²) in [7, 11) is 0. The third kappa shape index (κ3) is 4.25. The normalized spacial score (nSPS) is 14.6. The second kappa shape index (κ2) is 8.27. The smallest absolute Gasteiger partial charge is 0.259 e. The van der Waals surface area contributed by atoms with Crippen LogP contribution in [0, 0.1) is 0 Å². The molecule has 3 aromatic rings. The monoisotopic (exact) mass is 399 g/mol. The Kier molecular flexibility index (Phi) is 5.59. The molecule has 4 rings (SSSR count). The van der Waals surface area contributed by atoms with Crippen LogP contribution >= 0.6 is 23.1 Å². The predicted molar refractivity (Wildman–Crippen MR) is 112 cm³/mol. The number of nitrogens with zero attached hydrogens (tertiary/aromatic N) is 2. The Morgan fingerprint density at radius 3 is 2.74 bits per heavy atom. The topological polar surface area (TPSA) is 66.1 Å². The van der Waals surface area contributed by atoms with Gasteiger partial charge in [0, 0.05) is 18.0 Å². The zero-order chi connectivity index (χ0) is 18.6. The van der Waals surface area contributed by atoms with Crippen LogP contribution in [0.5, 0.6) is 0 Å². The number of thioether (sulfide) groups is 1. The maximum atomic E-state index is 12.4. The van der Waals surface area contributed by atoms with Gasteiger partial charge in [-0.05, 0) is 30.9 Å². The molecule has 27 heavy (non-hydrogen) atoms. The lowest BCUT2D eigenvalue weighted by molar-refractivity contribution is -0.129. The lowest BCUT2D eigenvalue weighted by atomic mass is 10.1. The van der Waals surface area contributed by atoms with Gasteiger partial charge in [-0.1, -0.05) is 30.3 Å². The number of amides is 1. The number of H-pyrrole nitrogens is 1. The van der Waals surface area contributed by atoms with E-state index in [1.165, 1.54) is 29.5 Å². The highest BCUT2D eigenvalue weighted by molar-refractivity contribution is 7.99. The van der Waals surface area contributed by atoms with Crippen molar-refractivity contribution in [2.24, 2.45) is 0 Å². The molecule has 0 radical (unpaired) electrons. The average Bonchev–Trinajstić information content (AvgIpc) is 3.14. The van der Waals surface area contributed by atoms with Gasteiger partial charge in [-0.25, -0.2) is 4.98 Å². The fourth-order valence-electron chi connectivity index (χ4n) is 3.26. The molecular formula is C20H21N3O2S2. The van der Waals surface area contributed by atoms with E-state index in [2.05, 4.69) is 9.97 Å². The number of carbonyl (C=O) groups excluding carboxylic acids is 1. The van der Waals surface area contributed by atoms with Crippen LogP contribution in [-0.4, -0.2) is 39.6 Å². The highest BCUT2D eigenvalue weighted by atomic mass is 32.2. The number of benzene rings is 1. The van der Waals surface area contributed by atoms with Crippen molar-refractivity contribution in [1.82, 2.24) is 14.9 Å². The maximum absolute atomic E-state index is 12.4. The second-order valence-corrected chi connectivity index (χ2v) is 8.66. The van der Waals surface area contributed by atoms with Crippen LogP contribution in [0.2, 0.25) is 0 Å². The van der Waals surface area contributed by atoms with Crippen LogP contribution in [0.15, 0.2) is 41.2 Å². The lowest BCUT2D eigenvalue weighted by Crippen LogP contribution is -2.36. The molecule has 140 valence electrons. The van der Waals surface area contributed by atoms with Crippen molar-refractivity contribution in [3.8, 4) is 10.4 Å². The summed E-state index contributed by atoms with van der Waals surface area (Å²) in [5, 5.41) is 0.622. The summed E-state index contributed by atoms with van der Waals surface area (Å²) in [5.74, 6) is 1.78. The second-order valence-electron chi connectivity index (χ2n) is 6.64. The molecule has 7 heteroatoms.